The minimum atomic E-state index is -3.92. The molecule has 16 heteroatoms. The number of carbonyl (C=O) groups excluding carboxylic acids is 5. The van der Waals surface area contributed by atoms with Crippen molar-refractivity contribution >= 4 is 45.6 Å². The molecule has 286 valence electrons. The number of hydrogen-bond acceptors (Lipinski definition) is 10. The predicted octanol–water partition coefficient (Wildman–Crippen LogP) is 3.53. The maximum Gasteiger partial charge on any atom is 0.411 e. The van der Waals surface area contributed by atoms with Crippen LogP contribution >= 0.6 is 0 Å². The summed E-state index contributed by atoms with van der Waals surface area (Å²) in [4.78, 5) is 69.2. The van der Waals surface area contributed by atoms with Gasteiger partial charge in [0.15, 0.2) is 0 Å². The van der Waals surface area contributed by atoms with Crippen molar-refractivity contribution in [2.75, 3.05) is 25.6 Å². The molecule has 1 saturated heterocycles. The third-order valence-electron chi connectivity index (χ3n) is 10.1. The highest BCUT2D eigenvalue weighted by Crippen LogP contribution is 2.45. The maximum atomic E-state index is 14.3. The van der Waals surface area contributed by atoms with Crippen LogP contribution in [0.5, 0.6) is 5.75 Å². The van der Waals surface area contributed by atoms with Crippen molar-refractivity contribution in [2.24, 2.45) is 11.3 Å². The first kappa shape index (κ1) is 38.9. The van der Waals surface area contributed by atoms with E-state index >= 15 is 0 Å². The molecule has 2 aliphatic heterocycles. The number of rotatable bonds is 7. The fourth-order valence-corrected chi connectivity index (χ4v) is 8.20. The number of methoxy groups -OCH3 is 1. The van der Waals surface area contributed by atoms with Crippen molar-refractivity contribution < 1.29 is 46.6 Å². The summed E-state index contributed by atoms with van der Waals surface area (Å²) in [7, 11) is -2.33. The van der Waals surface area contributed by atoms with E-state index in [4.69, 9.17) is 14.2 Å². The number of cyclic esters (lactones) is 1. The van der Waals surface area contributed by atoms with Crippen molar-refractivity contribution in [3.8, 4) is 5.75 Å². The van der Waals surface area contributed by atoms with Crippen LogP contribution in [0, 0.1) is 11.3 Å². The van der Waals surface area contributed by atoms with Crippen molar-refractivity contribution in [3.05, 3.63) is 36.4 Å². The second kappa shape index (κ2) is 15.7. The van der Waals surface area contributed by atoms with E-state index in [1.165, 1.54) is 11.0 Å². The van der Waals surface area contributed by atoms with Gasteiger partial charge in [0.2, 0.25) is 21.8 Å². The van der Waals surface area contributed by atoms with Crippen LogP contribution in [0.2, 0.25) is 0 Å². The largest absolute Gasteiger partial charge is 0.496 e. The van der Waals surface area contributed by atoms with Gasteiger partial charge in [-0.05, 0) is 67.7 Å². The van der Waals surface area contributed by atoms with E-state index in [0.29, 0.717) is 30.7 Å². The quantitative estimate of drug-likeness (QED) is 0.300. The standard InChI is InChI=1S/C36H51N5O10S/c1-6-23-20-36(23,32(44)40-52(47,48)26-14-15-26)39-30(42)27-19-25-21-41(27)31(43)29(35(2,3)4)38-33(45)50-17-11-9-7-8-10-12-22-18-24(37-34(46)51-25)13-16-28(22)49-5/h6,13,16,18,23,25-27,29H,1,7-12,14-15,17,19-21H2,2-5H3,(H,37,46)(H,38,45)(H,39,42)(H,40,44)/t23-,25+,27-,29+,36-/m0/s1. The summed E-state index contributed by atoms with van der Waals surface area (Å²) in [5.41, 5.74) is -1.03. The number of benzene rings is 1. The Kier molecular flexibility index (Phi) is 11.8. The molecule has 0 aromatic heterocycles. The molecule has 15 nitrogen and oxygen atoms in total. The Morgan fingerprint density at radius 3 is 2.44 bits per heavy atom. The molecule has 2 aliphatic carbocycles. The van der Waals surface area contributed by atoms with Gasteiger partial charge in [0, 0.05) is 18.0 Å². The van der Waals surface area contributed by atoms with Crippen molar-refractivity contribution in [2.45, 2.75) is 114 Å². The number of hydrogen-bond donors (Lipinski definition) is 4. The molecule has 4 aliphatic rings. The van der Waals surface area contributed by atoms with Crippen molar-refractivity contribution in [1.29, 1.82) is 0 Å². The van der Waals surface area contributed by atoms with E-state index < -0.39 is 80.2 Å². The lowest BCUT2D eigenvalue weighted by Crippen LogP contribution is -2.60. The molecular weight excluding hydrogens is 694 g/mol. The first-order valence-electron chi connectivity index (χ1n) is 18.0. The fraction of sp³-hybridized carbons (Fsp3) is 0.639. The van der Waals surface area contributed by atoms with E-state index in [9.17, 15) is 32.4 Å². The lowest BCUT2D eigenvalue weighted by atomic mass is 9.85. The van der Waals surface area contributed by atoms with E-state index in [1.807, 2.05) is 6.07 Å². The lowest BCUT2D eigenvalue weighted by molar-refractivity contribution is -0.142. The molecule has 0 unspecified atom stereocenters. The Bertz CT molecular complexity index is 1670. The normalized spacial score (nSPS) is 27.8. The van der Waals surface area contributed by atoms with Gasteiger partial charge in [-0.1, -0.05) is 46.1 Å². The van der Waals surface area contributed by atoms with E-state index in [2.05, 4.69) is 27.3 Å². The summed E-state index contributed by atoms with van der Waals surface area (Å²) in [5.74, 6) is -2.10. The Morgan fingerprint density at radius 2 is 1.79 bits per heavy atom. The van der Waals surface area contributed by atoms with Crippen molar-refractivity contribution in [3.63, 3.8) is 0 Å². The van der Waals surface area contributed by atoms with Gasteiger partial charge in [0.05, 0.1) is 25.5 Å². The second-order valence-electron chi connectivity index (χ2n) is 15.2. The number of ether oxygens (including phenoxy) is 3. The summed E-state index contributed by atoms with van der Waals surface area (Å²) < 4.78 is 44.1. The van der Waals surface area contributed by atoms with Crippen LogP contribution in [-0.4, -0.2) is 92.5 Å². The van der Waals surface area contributed by atoms with E-state index in [0.717, 1.165) is 37.7 Å². The Hall–Kier alpha value is -4.34. The number of amides is 5. The van der Waals surface area contributed by atoms with Gasteiger partial charge in [-0.15, -0.1) is 6.58 Å². The van der Waals surface area contributed by atoms with Crippen LogP contribution in [-0.2, 0) is 40.3 Å². The van der Waals surface area contributed by atoms with Crippen LogP contribution in [0.3, 0.4) is 0 Å². The first-order chi connectivity index (χ1) is 24.6. The van der Waals surface area contributed by atoms with Gasteiger partial charge in [-0.25, -0.2) is 18.0 Å². The summed E-state index contributed by atoms with van der Waals surface area (Å²) in [6, 6.07) is 2.89. The molecule has 5 rings (SSSR count). The van der Waals surface area contributed by atoms with Gasteiger partial charge in [0.1, 0.15) is 29.5 Å². The molecule has 4 N–H and O–H groups in total. The molecule has 52 heavy (non-hydrogen) atoms. The van der Waals surface area contributed by atoms with Crippen LogP contribution in [0.1, 0.15) is 84.1 Å². The number of nitrogens with zero attached hydrogens (tertiary/aromatic N) is 1. The SMILES string of the molecule is C=C[C@H]1C[C@@]1(NC(=O)[C@@H]1C[C@@H]2CN1C(=O)[C@H](C(C)(C)C)NC(=O)OCCCCCCCc1cc(ccc1OC)NC(=O)O2)C(=O)NS(=O)(=O)C1CC1. The van der Waals surface area contributed by atoms with Crippen LogP contribution < -0.4 is 25.4 Å². The average molecular weight is 746 g/mol. The highest BCUT2D eigenvalue weighted by Gasteiger charge is 2.62. The topological polar surface area (TPSA) is 199 Å². The molecule has 5 atom stereocenters. The van der Waals surface area contributed by atoms with Gasteiger partial charge >= 0.3 is 12.2 Å². The average Bonchev–Trinajstić information content (AvgIpc) is 4.00. The van der Waals surface area contributed by atoms with Crippen LogP contribution in [0.25, 0.3) is 0 Å². The summed E-state index contributed by atoms with van der Waals surface area (Å²) in [6.07, 6.45) is 4.75. The number of alkyl carbamates (subject to hydrolysis) is 1. The molecule has 3 fully saturated rings. The third kappa shape index (κ3) is 9.17. The Balaban J connectivity index is 1.41. The summed E-state index contributed by atoms with van der Waals surface area (Å²) >= 11 is 0. The summed E-state index contributed by atoms with van der Waals surface area (Å²) in [5, 5.41) is 7.48. The third-order valence-corrected chi connectivity index (χ3v) is 11.9. The zero-order valence-corrected chi connectivity index (χ0v) is 31.1. The molecular formula is C36H51N5O10S. The molecule has 1 aromatic rings. The number of aryl methyl sites for hydroxylation is 1. The highest BCUT2D eigenvalue weighted by molar-refractivity contribution is 7.91. The zero-order valence-electron chi connectivity index (χ0n) is 30.3. The summed E-state index contributed by atoms with van der Waals surface area (Å²) in [6.45, 7) is 8.97. The number of nitrogens with one attached hydrogen (secondary N) is 4. The van der Waals surface area contributed by atoms with Crippen LogP contribution in [0.4, 0.5) is 15.3 Å². The molecule has 0 radical (unpaired) electrons. The smallest absolute Gasteiger partial charge is 0.411 e. The molecule has 2 saturated carbocycles. The van der Waals surface area contributed by atoms with Gasteiger partial charge < -0.3 is 29.7 Å². The van der Waals surface area contributed by atoms with Crippen molar-refractivity contribution in [1.82, 2.24) is 20.3 Å². The lowest BCUT2D eigenvalue weighted by Gasteiger charge is -2.35. The highest BCUT2D eigenvalue weighted by atomic mass is 32.2. The second-order valence-corrected chi connectivity index (χ2v) is 17.2. The predicted molar refractivity (Wildman–Crippen MR) is 191 cm³/mol. The molecule has 4 bridgehead atoms. The van der Waals surface area contributed by atoms with Gasteiger partial charge in [0.25, 0.3) is 5.91 Å². The zero-order chi connectivity index (χ0) is 37.8. The molecule has 1 aromatic carbocycles. The van der Waals surface area contributed by atoms with Gasteiger partial charge in [-0.3, -0.25) is 24.4 Å². The monoisotopic (exact) mass is 745 g/mol. The first-order valence-corrected chi connectivity index (χ1v) is 19.5. The van der Waals surface area contributed by atoms with Gasteiger partial charge in [-0.2, -0.15) is 0 Å². The molecule has 0 spiro atoms. The molecule has 5 amide bonds. The maximum absolute atomic E-state index is 14.3. The Morgan fingerprint density at radius 1 is 1.08 bits per heavy atom. The number of fused-ring (bicyclic) bond motifs is 4. The van der Waals surface area contributed by atoms with E-state index in [1.54, 1.807) is 40.0 Å². The van der Waals surface area contributed by atoms with E-state index in [-0.39, 0.29) is 26.0 Å². The number of anilines is 1. The Labute approximate surface area is 305 Å². The fourth-order valence-electron chi connectivity index (χ4n) is 6.83. The molecule has 2 heterocycles. The minimum absolute atomic E-state index is 0.110. The minimum Gasteiger partial charge on any atom is -0.496 e. The number of sulfonamides is 1. The number of carbonyl (C=O) groups is 5. The van der Waals surface area contributed by atoms with Crippen LogP contribution in [0.15, 0.2) is 30.9 Å².